The number of nitrogens with zero attached hydrogens (tertiary/aromatic N) is 2. The Bertz CT molecular complexity index is 1130. The lowest BCUT2D eigenvalue weighted by Gasteiger charge is -2.19. The van der Waals surface area contributed by atoms with Crippen molar-refractivity contribution < 1.29 is 33.2 Å². The molecule has 2 aromatic carbocycles. The van der Waals surface area contributed by atoms with Gasteiger partial charge in [-0.3, -0.25) is 39.7 Å². The third-order valence-electron chi connectivity index (χ3n) is 5.09. The minimum atomic E-state index is -1.24. The summed E-state index contributed by atoms with van der Waals surface area (Å²) in [5.74, 6) is -4.42. The zero-order valence-electron chi connectivity index (χ0n) is 17.6. The number of nitrogens with one attached hydrogen (secondary N) is 1. The first-order chi connectivity index (χ1) is 16.2. The number of carbonyl (C=O) groups is 4. The molecule has 34 heavy (non-hydrogen) atoms. The molecule has 1 fully saturated rings. The van der Waals surface area contributed by atoms with Gasteiger partial charge in [-0.1, -0.05) is 12.1 Å². The van der Waals surface area contributed by atoms with Crippen molar-refractivity contribution in [2.75, 3.05) is 12.4 Å². The third kappa shape index (κ3) is 5.73. The van der Waals surface area contributed by atoms with Gasteiger partial charge in [-0.25, -0.2) is 4.39 Å². The summed E-state index contributed by atoms with van der Waals surface area (Å²) in [6.07, 6.45) is -1.53. The van der Waals surface area contributed by atoms with Gasteiger partial charge in [0.15, 0.2) is 6.10 Å². The number of hydrogen-bond donors (Lipinski definition) is 1. The third-order valence-corrected chi connectivity index (χ3v) is 5.31. The quantitative estimate of drug-likeness (QED) is 0.187. The summed E-state index contributed by atoms with van der Waals surface area (Å²) in [7, 11) is 0. The van der Waals surface area contributed by atoms with Crippen LogP contribution in [-0.4, -0.2) is 52.0 Å². The van der Waals surface area contributed by atoms with E-state index in [9.17, 15) is 33.7 Å². The molecule has 1 saturated heterocycles. The van der Waals surface area contributed by atoms with E-state index in [-0.39, 0.29) is 36.4 Å². The molecule has 0 spiro atoms. The van der Waals surface area contributed by atoms with Crippen molar-refractivity contribution in [2.24, 2.45) is 5.92 Å². The molecule has 2 atom stereocenters. The minimum absolute atomic E-state index is 0.00228. The number of amides is 2. The van der Waals surface area contributed by atoms with E-state index >= 15 is 0 Å². The molecule has 2 amide bonds. The van der Waals surface area contributed by atoms with E-state index in [4.69, 9.17) is 16.3 Å². The number of rotatable bonds is 9. The summed E-state index contributed by atoms with van der Waals surface area (Å²) in [6, 6.07) is 9.92. The number of esters is 1. The van der Waals surface area contributed by atoms with Crippen LogP contribution in [0.1, 0.15) is 33.6 Å². The first kappa shape index (κ1) is 24.8. The molecule has 178 valence electrons. The van der Waals surface area contributed by atoms with Crippen LogP contribution >= 0.6 is 11.6 Å². The fourth-order valence-electron chi connectivity index (χ4n) is 3.36. The molecule has 1 aliphatic heterocycles. The summed E-state index contributed by atoms with van der Waals surface area (Å²) in [5.41, 5.74) is 1.71. The number of alkyl halides is 1. The number of ether oxygens (including phenoxy) is 1. The maximum Gasteiger partial charge on any atom is 0.312 e. The monoisotopic (exact) mass is 491 g/mol. The molecule has 10 nitrogen and oxygen atoms in total. The molecule has 0 unspecified atom stereocenters. The number of hydrazine groups is 1. The average molecular weight is 492 g/mol. The van der Waals surface area contributed by atoms with Crippen LogP contribution in [0.3, 0.4) is 0 Å². The van der Waals surface area contributed by atoms with E-state index in [1.54, 1.807) is 0 Å². The lowest BCUT2D eigenvalue weighted by Crippen LogP contribution is -2.43. The van der Waals surface area contributed by atoms with Gasteiger partial charge in [0.25, 0.3) is 11.6 Å². The van der Waals surface area contributed by atoms with Crippen molar-refractivity contribution in [3.8, 4) is 0 Å². The molecule has 0 saturated carbocycles. The van der Waals surface area contributed by atoms with Crippen LogP contribution in [0.2, 0.25) is 0 Å². The predicted molar refractivity (Wildman–Crippen MR) is 116 cm³/mol. The van der Waals surface area contributed by atoms with Gasteiger partial charge in [-0.15, -0.1) is 11.6 Å². The first-order valence-corrected chi connectivity index (χ1v) is 10.7. The number of nitro groups is 1. The summed E-state index contributed by atoms with van der Waals surface area (Å²) in [5, 5.41) is 12.0. The topological polar surface area (TPSA) is 136 Å². The van der Waals surface area contributed by atoms with E-state index in [1.807, 2.05) is 0 Å². The van der Waals surface area contributed by atoms with Gasteiger partial charge in [0, 0.05) is 30.4 Å². The van der Waals surface area contributed by atoms with Gasteiger partial charge >= 0.3 is 5.97 Å². The standard InChI is InChI=1S/C22H19ClFN3O7/c23-10-9-18(20(29)13-5-7-15(24)8-6-13)34-22(31)14-11-19(28)26(12-14)25-21(30)16-3-1-2-4-17(16)27(32)33/h1-8,14,18H,9-12H2,(H,25,30)/t14-,18+/m1/s1. The maximum absolute atomic E-state index is 13.1. The smallest absolute Gasteiger partial charge is 0.312 e. The van der Waals surface area contributed by atoms with Crippen LogP contribution in [0.4, 0.5) is 10.1 Å². The molecule has 0 bridgehead atoms. The van der Waals surface area contributed by atoms with Gasteiger partial charge < -0.3 is 4.74 Å². The zero-order chi connectivity index (χ0) is 24.8. The summed E-state index contributed by atoms with van der Waals surface area (Å²) < 4.78 is 18.4. The van der Waals surface area contributed by atoms with Gasteiger partial charge in [-0.05, 0) is 30.3 Å². The second kappa shape index (κ2) is 10.8. The van der Waals surface area contributed by atoms with E-state index in [0.717, 1.165) is 23.2 Å². The van der Waals surface area contributed by atoms with Crippen molar-refractivity contribution in [3.63, 3.8) is 0 Å². The van der Waals surface area contributed by atoms with Crippen molar-refractivity contribution in [1.82, 2.24) is 10.4 Å². The molecule has 1 N–H and O–H groups in total. The average Bonchev–Trinajstić information content (AvgIpc) is 3.18. The number of ketones is 1. The highest BCUT2D eigenvalue weighted by Crippen LogP contribution is 2.22. The van der Waals surface area contributed by atoms with Crippen molar-refractivity contribution in [3.05, 3.63) is 75.6 Å². The maximum atomic E-state index is 13.1. The van der Waals surface area contributed by atoms with Gasteiger partial charge in [-0.2, -0.15) is 0 Å². The van der Waals surface area contributed by atoms with E-state index in [1.165, 1.54) is 30.3 Å². The van der Waals surface area contributed by atoms with Gasteiger partial charge in [0.1, 0.15) is 11.4 Å². The highest BCUT2D eigenvalue weighted by Gasteiger charge is 2.38. The van der Waals surface area contributed by atoms with Crippen LogP contribution in [0, 0.1) is 21.8 Å². The molecule has 0 radical (unpaired) electrons. The molecule has 1 heterocycles. The highest BCUT2D eigenvalue weighted by atomic mass is 35.5. The Morgan fingerprint density at radius 2 is 1.88 bits per heavy atom. The number of benzene rings is 2. The Morgan fingerprint density at radius 1 is 1.21 bits per heavy atom. The molecular formula is C22H19ClFN3O7. The van der Waals surface area contributed by atoms with Gasteiger partial charge in [0.2, 0.25) is 11.7 Å². The van der Waals surface area contributed by atoms with Crippen LogP contribution in [0.15, 0.2) is 48.5 Å². The Morgan fingerprint density at radius 3 is 2.53 bits per heavy atom. The van der Waals surface area contributed by atoms with E-state index < -0.39 is 52.0 Å². The predicted octanol–water partition coefficient (Wildman–Crippen LogP) is 2.65. The fourth-order valence-corrected chi connectivity index (χ4v) is 3.56. The molecule has 1 aliphatic rings. The molecule has 12 heteroatoms. The van der Waals surface area contributed by atoms with Crippen molar-refractivity contribution >= 4 is 40.9 Å². The summed E-state index contributed by atoms with van der Waals surface area (Å²) in [4.78, 5) is 60.5. The number of para-hydroxylation sites is 1. The lowest BCUT2D eigenvalue weighted by molar-refractivity contribution is -0.385. The summed E-state index contributed by atoms with van der Waals surface area (Å²) >= 11 is 5.73. The zero-order valence-corrected chi connectivity index (χ0v) is 18.4. The minimum Gasteiger partial charge on any atom is -0.454 e. The number of Topliss-reactive ketones (excluding diaryl/α,β-unsaturated/α-hetero) is 1. The van der Waals surface area contributed by atoms with E-state index in [2.05, 4.69) is 5.43 Å². The van der Waals surface area contributed by atoms with Crippen molar-refractivity contribution in [1.29, 1.82) is 0 Å². The number of halogens is 2. The van der Waals surface area contributed by atoms with Crippen LogP contribution in [0.5, 0.6) is 0 Å². The number of carbonyl (C=O) groups excluding carboxylic acids is 4. The molecule has 0 aromatic heterocycles. The lowest BCUT2D eigenvalue weighted by atomic mass is 10.0. The number of nitro benzene ring substituents is 1. The van der Waals surface area contributed by atoms with Gasteiger partial charge in [0.05, 0.1) is 17.4 Å². The molecule has 2 aromatic rings. The Labute approximate surface area is 197 Å². The van der Waals surface area contributed by atoms with Crippen LogP contribution < -0.4 is 5.43 Å². The normalized spacial score (nSPS) is 16.1. The summed E-state index contributed by atoms with van der Waals surface area (Å²) in [6.45, 7) is -0.248. The Balaban J connectivity index is 1.65. The van der Waals surface area contributed by atoms with E-state index in [0.29, 0.717) is 0 Å². The molecule has 3 rings (SSSR count). The second-order valence-electron chi connectivity index (χ2n) is 7.39. The largest absolute Gasteiger partial charge is 0.454 e. The van der Waals surface area contributed by atoms with Crippen LogP contribution in [-0.2, 0) is 14.3 Å². The second-order valence-corrected chi connectivity index (χ2v) is 7.77. The highest BCUT2D eigenvalue weighted by molar-refractivity contribution is 6.18. The first-order valence-electron chi connectivity index (χ1n) is 10.1. The fraction of sp³-hybridized carbons (Fsp3) is 0.273. The Kier molecular flexibility index (Phi) is 7.90. The molecule has 0 aliphatic carbocycles. The number of hydrogen-bond acceptors (Lipinski definition) is 7. The molecular weight excluding hydrogens is 473 g/mol. The Hall–Kier alpha value is -3.86. The SMILES string of the molecule is O=C(NN1C[C@H](C(=O)O[C@@H](CCCl)C(=O)c2ccc(F)cc2)CC1=O)c1ccccc1[N+](=O)[O-]. The van der Waals surface area contributed by atoms with Crippen molar-refractivity contribution in [2.45, 2.75) is 18.9 Å². The van der Waals surface area contributed by atoms with Crippen LogP contribution in [0.25, 0.3) is 0 Å².